The molecule has 2 unspecified atom stereocenters. The third kappa shape index (κ3) is 3.95. The van der Waals surface area contributed by atoms with E-state index >= 15 is 0 Å². The van der Waals surface area contributed by atoms with Crippen molar-refractivity contribution in [3.05, 3.63) is 29.8 Å². The summed E-state index contributed by atoms with van der Waals surface area (Å²) < 4.78 is 11.0. The van der Waals surface area contributed by atoms with Gasteiger partial charge in [0.2, 0.25) is 0 Å². The summed E-state index contributed by atoms with van der Waals surface area (Å²) in [7, 11) is 1.71. The van der Waals surface area contributed by atoms with Crippen molar-refractivity contribution in [3.63, 3.8) is 0 Å². The molecule has 19 heavy (non-hydrogen) atoms. The van der Waals surface area contributed by atoms with Crippen LogP contribution in [0.5, 0.6) is 5.75 Å². The fourth-order valence-electron chi connectivity index (χ4n) is 2.73. The van der Waals surface area contributed by atoms with Crippen LogP contribution in [0.4, 0.5) is 0 Å². The highest BCUT2D eigenvalue weighted by atomic mass is 16.5. The molecule has 1 aromatic rings. The molecule has 1 N–H and O–H groups in total. The molecule has 1 aliphatic rings. The van der Waals surface area contributed by atoms with E-state index in [0.29, 0.717) is 12.1 Å². The molecule has 1 fully saturated rings. The number of rotatable bonds is 4. The highest BCUT2D eigenvalue weighted by Gasteiger charge is 2.29. The molecular formula is C16H25NO2. The average molecular weight is 263 g/mol. The normalized spacial score (nSPS) is 23.9. The van der Waals surface area contributed by atoms with E-state index in [0.717, 1.165) is 25.2 Å². The fourth-order valence-corrected chi connectivity index (χ4v) is 2.73. The Morgan fingerprint density at radius 2 is 2.21 bits per heavy atom. The summed E-state index contributed by atoms with van der Waals surface area (Å²) in [6.07, 6.45) is 2.14. The van der Waals surface area contributed by atoms with Crippen molar-refractivity contribution in [1.29, 1.82) is 0 Å². The monoisotopic (exact) mass is 263 g/mol. The second kappa shape index (κ2) is 5.93. The Balaban J connectivity index is 1.98. The topological polar surface area (TPSA) is 30.5 Å². The molecule has 1 heterocycles. The van der Waals surface area contributed by atoms with Gasteiger partial charge < -0.3 is 14.8 Å². The van der Waals surface area contributed by atoms with E-state index in [1.807, 2.05) is 12.1 Å². The molecule has 0 saturated carbocycles. The minimum atomic E-state index is -0.00991. The Kier molecular flexibility index (Phi) is 4.48. The Morgan fingerprint density at radius 1 is 1.42 bits per heavy atom. The van der Waals surface area contributed by atoms with Crippen LogP contribution >= 0.6 is 0 Å². The van der Waals surface area contributed by atoms with Crippen LogP contribution in [0.25, 0.3) is 0 Å². The lowest BCUT2D eigenvalue weighted by molar-refractivity contribution is -0.0640. The number of ether oxygens (including phenoxy) is 2. The lowest BCUT2D eigenvalue weighted by Gasteiger charge is -2.37. The first-order valence-electron chi connectivity index (χ1n) is 7.04. The molecule has 0 spiro atoms. The number of hydrogen-bond donors (Lipinski definition) is 1. The fraction of sp³-hybridized carbons (Fsp3) is 0.625. The second-order valence-electron chi connectivity index (χ2n) is 5.96. The highest BCUT2D eigenvalue weighted by Crippen LogP contribution is 2.26. The van der Waals surface area contributed by atoms with Crippen molar-refractivity contribution in [1.82, 2.24) is 5.32 Å². The molecule has 0 bridgehead atoms. The average Bonchev–Trinajstić information content (AvgIpc) is 2.37. The van der Waals surface area contributed by atoms with Crippen LogP contribution in [-0.4, -0.2) is 25.4 Å². The zero-order valence-corrected chi connectivity index (χ0v) is 12.4. The summed E-state index contributed by atoms with van der Waals surface area (Å²) in [4.78, 5) is 0. The van der Waals surface area contributed by atoms with Gasteiger partial charge in [-0.15, -0.1) is 0 Å². The molecule has 0 aromatic heterocycles. The molecule has 0 radical (unpaired) electrons. The largest absolute Gasteiger partial charge is 0.497 e. The van der Waals surface area contributed by atoms with Gasteiger partial charge in [-0.3, -0.25) is 0 Å². The molecule has 0 amide bonds. The predicted octanol–water partition coefficient (Wildman–Crippen LogP) is 3.30. The van der Waals surface area contributed by atoms with Gasteiger partial charge in [-0.1, -0.05) is 12.1 Å². The van der Waals surface area contributed by atoms with Crippen LogP contribution in [0, 0.1) is 0 Å². The molecule has 1 aliphatic heterocycles. The molecule has 3 nitrogen and oxygen atoms in total. The van der Waals surface area contributed by atoms with Crippen molar-refractivity contribution in [2.45, 2.75) is 51.3 Å². The van der Waals surface area contributed by atoms with Crippen LogP contribution in [-0.2, 0) is 4.74 Å². The third-order valence-electron chi connectivity index (χ3n) is 3.78. The molecule has 1 aromatic carbocycles. The van der Waals surface area contributed by atoms with Gasteiger partial charge in [0.05, 0.1) is 12.7 Å². The first-order valence-corrected chi connectivity index (χ1v) is 7.04. The molecule has 2 atom stereocenters. The summed E-state index contributed by atoms with van der Waals surface area (Å²) in [6.45, 7) is 7.38. The van der Waals surface area contributed by atoms with E-state index in [2.05, 4.69) is 38.2 Å². The SMILES string of the molecule is COc1cccc(C(C)NC2CCOC(C)(C)C2)c1. The van der Waals surface area contributed by atoms with E-state index in [1.54, 1.807) is 7.11 Å². The first kappa shape index (κ1) is 14.4. The third-order valence-corrected chi connectivity index (χ3v) is 3.78. The Hall–Kier alpha value is -1.06. The summed E-state index contributed by atoms with van der Waals surface area (Å²) in [5.74, 6) is 0.915. The second-order valence-corrected chi connectivity index (χ2v) is 5.96. The standard InChI is InChI=1S/C16H25NO2/c1-12(13-6-5-7-15(10-13)18-4)17-14-8-9-19-16(2,3)11-14/h5-7,10,12,14,17H,8-9,11H2,1-4H3. The van der Waals surface area contributed by atoms with Crippen molar-refractivity contribution < 1.29 is 9.47 Å². The zero-order valence-electron chi connectivity index (χ0n) is 12.4. The van der Waals surface area contributed by atoms with Crippen LogP contribution in [0.3, 0.4) is 0 Å². The number of hydrogen-bond acceptors (Lipinski definition) is 3. The van der Waals surface area contributed by atoms with Gasteiger partial charge in [-0.05, 0) is 51.3 Å². The van der Waals surface area contributed by atoms with Crippen molar-refractivity contribution in [3.8, 4) is 5.75 Å². The van der Waals surface area contributed by atoms with Gasteiger partial charge in [0, 0.05) is 18.7 Å². The Labute approximate surface area is 116 Å². The maximum absolute atomic E-state index is 5.76. The van der Waals surface area contributed by atoms with Crippen molar-refractivity contribution in [2.75, 3.05) is 13.7 Å². The summed E-state index contributed by atoms with van der Waals surface area (Å²) in [5, 5.41) is 3.71. The number of methoxy groups -OCH3 is 1. The van der Waals surface area contributed by atoms with E-state index in [4.69, 9.17) is 9.47 Å². The van der Waals surface area contributed by atoms with Gasteiger partial charge in [-0.25, -0.2) is 0 Å². The Bertz CT molecular complexity index is 417. The summed E-state index contributed by atoms with van der Waals surface area (Å²) in [5.41, 5.74) is 1.26. The molecule has 1 saturated heterocycles. The molecule has 2 rings (SSSR count). The van der Waals surface area contributed by atoms with Crippen molar-refractivity contribution in [2.24, 2.45) is 0 Å². The van der Waals surface area contributed by atoms with E-state index in [1.165, 1.54) is 5.56 Å². The lowest BCUT2D eigenvalue weighted by atomic mass is 9.93. The zero-order chi connectivity index (χ0) is 13.9. The van der Waals surface area contributed by atoms with Gasteiger partial charge in [0.1, 0.15) is 5.75 Å². The maximum Gasteiger partial charge on any atom is 0.119 e. The smallest absolute Gasteiger partial charge is 0.119 e. The van der Waals surface area contributed by atoms with Crippen LogP contribution in [0.1, 0.15) is 45.2 Å². The maximum atomic E-state index is 5.76. The van der Waals surface area contributed by atoms with Crippen LogP contribution in [0.2, 0.25) is 0 Å². The lowest BCUT2D eigenvalue weighted by Crippen LogP contribution is -2.44. The van der Waals surface area contributed by atoms with Gasteiger partial charge in [0.25, 0.3) is 0 Å². The summed E-state index contributed by atoms with van der Waals surface area (Å²) >= 11 is 0. The summed E-state index contributed by atoms with van der Waals surface area (Å²) in [6, 6.07) is 9.11. The van der Waals surface area contributed by atoms with Gasteiger partial charge >= 0.3 is 0 Å². The number of benzene rings is 1. The predicted molar refractivity (Wildman–Crippen MR) is 77.6 cm³/mol. The van der Waals surface area contributed by atoms with Gasteiger partial charge in [-0.2, -0.15) is 0 Å². The Morgan fingerprint density at radius 3 is 2.89 bits per heavy atom. The van der Waals surface area contributed by atoms with E-state index in [9.17, 15) is 0 Å². The quantitative estimate of drug-likeness (QED) is 0.904. The van der Waals surface area contributed by atoms with Crippen LogP contribution < -0.4 is 10.1 Å². The molecule has 106 valence electrons. The molecule has 3 heteroatoms. The minimum absolute atomic E-state index is 0.00991. The number of nitrogens with one attached hydrogen (secondary N) is 1. The molecule has 0 aliphatic carbocycles. The van der Waals surface area contributed by atoms with Gasteiger partial charge in [0.15, 0.2) is 0 Å². The molecular weight excluding hydrogens is 238 g/mol. The van der Waals surface area contributed by atoms with Crippen molar-refractivity contribution >= 4 is 0 Å². The first-order chi connectivity index (χ1) is 9.00. The van der Waals surface area contributed by atoms with E-state index in [-0.39, 0.29) is 5.60 Å². The van der Waals surface area contributed by atoms with E-state index < -0.39 is 0 Å². The van der Waals surface area contributed by atoms with Crippen LogP contribution in [0.15, 0.2) is 24.3 Å². The minimum Gasteiger partial charge on any atom is -0.497 e. The highest BCUT2D eigenvalue weighted by molar-refractivity contribution is 5.30.